The molecule has 0 spiro atoms. The fraction of sp³-hybridized carbons (Fsp3) is 0.913. The lowest BCUT2D eigenvalue weighted by atomic mass is 10.0. The van der Waals surface area contributed by atoms with Crippen molar-refractivity contribution in [2.75, 3.05) is 19.8 Å². The van der Waals surface area contributed by atoms with Crippen LogP contribution in [0.2, 0.25) is 0 Å². The third kappa shape index (κ3) is 19.2. The van der Waals surface area contributed by atoms with Crippen molar-refractivity contribution in [3.8, 4) is 0 Å². The third-order valence-corrected chi connectivity index (χ3v) is 5.16. The molecule has 34 heavy (non-hydrogen) atoms. The lowest BCUT2D eigenvalue weighted by Crippen LogP contribution is -2.36. The summed E-state index contributed by atoms with van der Waals surface area (Å²) in [6, 6.07) is 0. The standard InChI is InChI=1S/C8H16O4.C8H18O3.C7H12O4/c1-6(10)3-2-4-7(11)8(12)5-9;1-2-3-4-5-7(10)8(11)6-9;8-4-5(9)6-2-1-3-7(10)11-6/h7-9,11-12H,2-5H2,1H3;7-11H,2-6H2,1H3;5-6,8-9H,1-4H2/t2*7-,8+;5-,6?/m001/s1. The monoisotopic (exact) mass is 498 g/mol. The summed E-state index contributed by atoms with van der Waals surface area (Å²) in [6.45, 7) is 2.41. The number of ketones is 1. The molecule has 1 saturated heterocycles. The van der Waals surface area contributed by atoms with Crippen LogP contribution in [0.15, 0.2) is 0 Å². The number of carbonyl (C=O) groups excluding carboxylic acids is 2. The number of hydrogen-bond donors (Lipinski definition) is 8. The van der Waals surface area contributed by atoms with Crippen molar-refractivity contribution < 1.29 is 55.2 Å². The molecule has 0 radical (unpaired) electrons. The Morgan fingerprint density at radius 1 is 0.882 bits per heavy atom. The predicted octanol–water partition coefficient (Wildman–Crippen LogP) is -0.824. The van der Waals surface area contributed by atoms with Gasteiger partial charge in [0.25, 0.3) is 0 Å². The first-order valence-electron chi connectivity index (χ1n) is 12.0. The molecule has 8 N–H and O–H groups in total. The second kappa shape index (κ2) is 22.3. The average Bonchev–Trinajstić information content (AvgIpc) is 2.82. The minimum absolute atomic E-state index is 0.0701. The zero-order chi connectivity index (χ0) is 26.5. The van der Waals surface area contributed by atoms with Gasteiger partial charge in [-0.2, -0.15) is 0 Å². The van der Waals surface area contributed by atoms with Crippen LogP contribution in [-0.4, -0.2) is 109 Å². The first kappa shape index (κ1) is 35.0. The molecular formula is C23H46O11. The van der Waals surface area contributed by atoms with Gasteiger partial charge in [-0.25, -0.2) is 0 Å². The highest BCUT2D eigenvalue weighted by Crippen LogP contribution is 2.16. The van der Waals surface area contributed by atoms with Gasteiger partial charge in [0, 0.05) is 12.8 Å². The number of cyclic esters (lactones) is 1. The van der Waals surface area contributed by atoms with Crippen LogP contribution in [0.25, 0.3) is 0 Å². The van der Waals surface area contributed by atoms with Gasteiger partial charge in [-0.05, 0) is 39.0 Å². The maximum Gasteiger partial charge on any atom is 0.306 e. The van der Waals surface area contributed by atoms with Gasteiger partial charge in [0.2, 0.25) is 0 Å². The van der Waals surface area contributed by atoms with Crippen molar-refractivity contribution >= 4 is 11.8 Å². The molecule has 1 unspecified atom stereocenters. The maximum atomic E-state index is 10.7. The summed E-state index contributed by atoms with van der Waals surface area (Å²) >= 11 is 0. The fourth-order valence-electron chi connectivity index (χ4n) is 2.91. The number of esters is 1. The lowest BCUT2D eigenvalue weighted by molar-refractivity contribution is -0.162. The van der Waals surface area contributed by atoms with E-state index in [9.17, 15) is 9.59 Å². The zero-order valence-corrected chi connectivity index (χ0v) is 20.5. The molecule has 11 nitrogen and oxygen atoms in total. The molecule has 0 aromatic carbocycles. The van der Waals surface area contributed by atoms with E-state index >= 15 is 0 Å². The first-order valence-corrected chi connectivity index (χ1v) is 12.0. The highest BCUT2D eigenvalue weighted by Gasteiger charge is 2.26. The van der Waals surface area contributed by atoms with E-state index in [1.54, 1.807) is 0 Å². The largest absolute Gasteiger partial charge is 0.460 e. The van der Waals surface area contributed by atoms with E-state index in [0.717, 1.165) is 25.7 Å². The average molecular weight is 499 g/mol. The van der Waals surface area contributed by atoms with E-state index in [4.69, 9.17) is 45.6 Å². The Morgan fingerprint density at radius 3 is 1.82 bits per heavy atom. The minimum atomic E-state index is -1.09. The van der Waals surface area contributed by atoms with Gasteiger partial charge in [0.1, 0.15) is 30.2 Å². The van der Waals surface area contributed by atoms with Crippen LogP contribution in [0.1, 0.15) is 78.1 Å². The Bertz CT molecular complexity index is 503. The van der Waals surface area contributed by atoms with Gasteiger partial charge in [0.05, 0.1) is 32.0 Å². The summed E-state index contributed by atoms with van der Waals surface area (Å²) in [6.07, 6.45) is 1.62. The summed E-state index contributed by atoms with van der Waals surface area (Å²) < 4.78 is 4.79. The van der Waals surface area contributed by atoms with Gasteiger partial charge >= 0.3 is 5.97 Å². The zero-order valence-electron chi connectivity index (χ0n) is 20.5. The molecule has 1 aliphatic rings. The summed E-state index contributed by atoms with van der Waals surface area (Å²) in [5, 5.41) is 70.6. The predicted molar refractivity (Wildman–Crippen MR) is 124 cm³/mol. The molecule has 1 aliphatic heterocycles. The molecule has 0 aliphatic carbocycles. The molecule has 1 rings (SSSR count). The van der Waals surface area contributed by atoms with Gasteiger partial charge in [-0.3, -0.25) is 4.79 Å². The molecule has 0 bridgehead atoms. The smallest absolute Gasteiger partial charge is 0.306 e. The minimum Gasteiger partial charge on any atom is -0.460 e. The van der Waals surface area contributed by atoms with Crippen LogP contribution < -0.4 is 0 Å². The molecule has 0 saturated carbocycles. The number of hydrogen-bond acceptors (Lipinski definition) is 11. The Kier molecular flexibility index (Phi) is 22.9. The van der Waals surface area contributed by atoms with Gasteiger partial charge < -0.3 is 50.4 Å². The molecule has 6 atom stereocenters. The molecule has 11 heteroatoms. The Balaban J connectivity index is 0. The van der Waals surface area contributed by atoms with Crippen molar-refractivity contribution in [2.24, 2.45) is 0 Å². The van der Waals surface area contributed by atoms with Crippen LogP contribution in [0, 0.1) is 0 Å². The van der Waals surface area contributed by atoms with Crippen molar-refractivity contribution in [2.45, 2.75) is 115 Å². The van der Waals surface area contributed by atoms with Gasteiger partial charge in [0.15, 0.2) is 0 Å². The molecule has 0 amide bonds. The Labute approximate surface area is 202 Å². The number of Topliss-reactive ketones (excluding diaryl/α,β-unsaturated/α-hetero) is 1. The van der Waals surface area contributed by atoms with Crippen molar-refractivity contribution in [1.29, 1.82) is 0 Å². The first-order chi connectivity index (χ1) is 16.0. The summed E-state index contributed by atoms with van der Waals surface area (Å²) in [7, 11) is 0. The van der Waals surface area contributed by atoms with Crippen LogP contribution in [-0.2, 0) is 14.3 Å². The molecule has 1 heterocycles. The van der Waals surface area contributed by atoms with Crippen molar-refractivity contribution in [3.05, 3.63) is 0 Å². The van der Waals surface area contributed by atoms with E-state index < -0.39 is 43.2 Å². The van der Waals surface area contributed by atoms with Crippen molar-refractivity contribution in [3.63, 3.8) is 0 Å². The number of ether oxygens (including phenoxy) is 1. The summed E-state index contributed by atoms with van der Waals surface area (Å²) in [4.78, 5) is 21.2. The van der Waals surface area contributed by atoms with Gasteiger partial charge in [-0.1, -0.05) is 26.2 Å². The van der Waals surface area contributed by atoms with E-state index in [1.807, 2.05) is 0 Å². The van der Waals surface area contributed by atoms with Crippen molar-refractivity contribution in [1.82, 2.24) is 0 Å². The van der Waals surface area contributed by atoms with E-state index in [-0.39, 0.29) is 25.0 Å². The SMILES string of the molecule is CC(=O)CCC[C@H](O)[C@H](O)CO.CCCCC[C@H](O)[C@H](O)CO.O=C1CCCC([C@H](O)CO)O1. The van der Waals surface area contributed by atoms with Crippen LogP contribution in [0.4, 0.5) is 0 Å². The van der Waals surface area contributed by atoms with E-state index in [0.29, 0.717) is 38.5 Å². The molecule has 204 valence electrons. The van der Waals surface area contributed by atoms with E-state index in [1.165, 1.54) is 6.92 Å². The Morgan fingerprint density at radius 2 is 1.41 bits per heavy atom. The normalized spacial score (nSPS) is 19.8. The molecule has 0 aromatic heterocycles. The third-order valence-electron chi connectivity index (χ3n) is 5.16. The Hall–Kier alpha value is -1.18. The van der Waals surface area contributed by atoms with Gasteiger partial charge in [-0.15, -0.1) is 0 Å². The second-order valence-corrected chi connectivity index (χ2v) is 8.40. The second-order valence-electron chi connectivity index (χ2n) is 8.40. The van der Waals surface area contributed by atoms with E-state index in [2.05, 4.69) is 6.92 Å². The summed E-state index contributed by atoms with van der Waals surface area (Å²) in [5.41, 5.74) is 0. The fourth-order valence-corrected chi connectivity index (χ4v) is 2.91. The highest BCUT2D eigenvalue weighted by atomic mass is 16.6. The molecular weight excluding hydrogens is 452 g/mol. The number of rotatable bonds is 14. The molecule has 0 aromatic rings. The highest BCUT2D eigenvalue weighted by molar-refractivity contribution is 5.75. The molecule has 1 fully saturated rings. The maximum absolute atomic E-state index is 10.7. The van der Waals surface area contributed by atoms with Crippen LogP contribution >= 0.6 is 0 Å². The summed E-state index contributed by atoms with van der Waals surface area (Å²) in [5.74, 6) is -0.213. The quantitative estimate of drug-likeness (QED) is 0.110. The number of carbonyl (C=O) groups is 2. The number of unbranched alkanes of at least 4 members (excludes halogenated alkanes) is 2. The number of aliphatic hydroxyl groups excluding tert-OH is 8. The number of aliphatic hydroxyl groups is 8. The van der Waals surface area contributed by atoms with Crippen LogP contribution in [0.5, 0.6) is 0 Å². The topological polar surface area (TPSA) is 205 Å². The van der Waals surface area contributed by atoms with Crippen LogP contribution in [0.3, 0.4) is 0 Å². The lowest BCUT2D eigenvalue weighted by Gasteiger charge is -2.25.